The van der Waals surface area contributed by atoms with Gasteiger partial charge in [0.2, 0.25) is 0 Å². The lowest BCUT2D eigenvalue weighted by Gasteiger charge is -2.09. The Morgan fingerprint density at radius 2 is 1.88 bits per heavy atom. The molecule has 0 bridgehead atoms. The summed E-state index contributed by atoms with van der Waals surface area (Å²) in [4.78, 5) is 10.9. The number of benzene rings is 2. The summed E-state index contributed by atoms with van der Waals surface area (Å²) in [5, 5.41) is 1.89. The number of Topliss-reactive ketones (excluding diaryl/α,β-unsaturated/α-hetero) is 1. The van der Waals surface area contributed by atoms with E-state index in [9.17, 15) is 9.18 Å². The van der Waals surface area contributed by atoms with Crippen LogP contribution < -0.4 is 0 Å². The van der Waals surface area contributed by atoms with Crippen LogP contribution in [0.4, 0.5) is 4.39 Å². The summed E-state index contributed by atoms with van der Waals surface area (Å²) >= 11 is 0. The van der Waals surface area contributed by atoms with E-state index < -0.39 is 6.17 Å². The van der Waals surface area contributed by atoms with Gasteiger partial charge in [0.1, 0.15) is 12.0 Å². The Bertz CT molecular complexity index is 514. The fourth-order valence-corrected chi connectivity index (χ4v) is 1.89. The summed E-state index contributed by atoms with van der Waals surface area (Å²) in [6.45, 7) is 1.41. The van der Waals surface area contributed by atoms with Gasteiger partial charge in [0.25, 0.3) is 0 Å². The molecule has 2 aromatic rings. The molecule has 0 aliphatic rings. The van der Waals surface area contributed by atoms with E-state index in [-0.39, 0.29) is 12.2 Å². The monoisotopic (exact) mass is 216 g/mol. The van der Waals surface area contributed by atoms with Crippen molar-refractivity contribution in [3.8, 4) is 0 Å². The molecular weight excluding hydrogens is 203 g/mol. The van der Waals surface area contributed by atoms with Gasteiger partial charge in [-0.2, -0.15) is 0 Å². The zero-order valence-corrected chi connectivity index (χ0v) is 9.11. The van der Waals surface area contributed by atoms with Crippen LogP contribution in [0.5, 0.6) is 0 Å². The third-order valence-electron chi connectivity index (χ3n) is 2.63. The smallest absolute Gasteiger partial charge is 0.133 e. The van der Waals surface area contributed by atoms with Crippen molar-refractivity contribution in [2.75, 3.05) is 0 Å². The van der Waals surface area contributed by atoms with Crippen LogP contribution in [0, 0.1) is 0 Å². The number of halogens is 1. The van der Waals surface area contributed by atoms with E-state index in [2.05, 4.69) is 0 Å². The van der Waals surface area contributed by atoms with Gasteiger partial charge in [-0.3, -0.25) is 4.79 Å². The number of alkyl halides is 1. The standard InChI is InChI=1S/C14H13FO/c1-10(16)9-14(15)13-8-4-6-11-5-2-3-7-12(11)13/h2-8,14H,9H2,1H3. The molecule has 1 unspecified atom stereocenters. The predicted octanol–water partition coefficient (Wildman–Crippen LogP) is 3.83. The molecule has 0 fully saturated rings. The summed E-state index contributed by atoms with van der Waals surface area (Å²) < 4.78 is 13.9. The molecule has 0 aliphatic heterocycles. The molecule has 0 N–H and O–H groups in total. The second kappa shape index (κ2) is 4.44. The van der Waals surface area contributed by atoms with Crippen molar-refractivity contribution in [2.24, 2.45) is 0 Å². The second-order valence-corrected chi connectivity index (χ2v) is 3.94. The molecule has 0 saturated heterocycles. The molecule has 0 saturated carbocycles. The van der Waals surface area contributed by atoms with Crippen molar-refractivity contribution in [2.45, 2.75) is 19.5 Å². The third-order valence-corrected chi connectivity index (χ3v) is 2.63. The Balaban J connectivity index is 2.47. The highest BCUT2D eigenvalue weighted by molar-refractivity contribution is 5.86. The van der Waals surface area contributed by atoms with E-state index in [0.29, 0.717) is 5.56 Å². The fourth-order valence-electron chi connectivity index (χ4n) is 1.89. The van der Waals surface area contributed by atoms with Gasteiger partial charge in [-0.25, -0.2) is 4.39 Å². The van der Waals surface area contributed by atoms with Gasteiger partial charge in [0, 0.05) is 6.42 Å². The number of carbonyl (C=O) groups is 1. The maximum atomic E-state index is 13.9. The van der Waals surface area contributed by atoms with Gasteiger partial charge < -0.3 is 0 Å². The molecule has 82 valence electrons. The topological polar surface area (TPSA) is 17.1 Å². The first kappa shape index (κ1) is 10.8. The molecule has 2 rings (SSSR count). The molecule has 0 aromatic heterocycles. The maximum Gasteiger partial charge on any atom is 0.133 e. The van der Waals surface area contributed by atoms with E-state index in [4.69, 9.17) is 0 Å². The lowest BCUT2D eigenvalue weighted by Crippen LogP contribution is -1.99. The number of hydrogen-bond acceptors (Lipinski definition) is 1. The summed E-state index contributed by atoms with van der Waals surface area (Å²) in [7, 11) is 0. The summed E-state index contributed by atoms with van der Waals surface area (Å²) in [5.41, 5.74) is 0.605. The third kappa shape index (κ3) is 2.11. The molecule has 0 spiro atoms. The minimum Gasteiger partial charge on any atom is -0.300 e. The Labute approximate surface area is 93.9 Å². The molecular formula is C14H13FO. The van der Waals surface area contributed by atoms with Gasteiger partial charge in [-0.1, -0.05) is 42.5 Å². The van der Waals surface area contributed by atoms with Crippen molar-refractivity contribution in [3.05, 3.63) is 48.0 Å². The molecule has 1 atom stereocenters. The van der Waals surface area contributed by atoms with E-state index in [0.717, 1.165) is 10.8 Å². The molecule has 0 heterocycles. The SMILES string of the molecule is CC(=O)CC(F)c1cccc2ccccc12. The van der Waals surface area contributed by atoms with Crippen molar-refractivity contribution >= 4 is 16.6 Å². The quantitative estimate of drug-likeness (QED) is 0.762. The van der Waals surface area contributed by atoms with E-state index >= 15 is 0 Å². The van der Waals surface area contributed by atoms with Crippen LogP contribution in [-0.2, 0) is 4.79 Å². The Hall–Kier alpha value is -1.70. The first-order valence-electron chi connectivity index (χ1n) is 5.29. The molecule has 1 nitrogen and oxygen atoms in total. The molecule has 2 aromatic carbocycles. The number of fused-ring (bicyclic) bond motifs is 1. The summed E-state index contributed by atoms with van der Waals surface area (Å²) in [6.07, 6.45) is -1.25. The minimum absolute atomic E-state index is 0.0476. The van der Waals surface area contributed by atoms with Gasteiger partial charge in [-0.05, 0) is 23.3 Å². The molecule has 0 aliphatic carbocycles. The van der Waals surface area contributed by atoms with Crippen molar-refractivity contribution in [3.63, 3.8) is 0 Å². The predicted molar refractivity (Wildman–Crippen MR) is 63.1 cm³/mol. The molecule has 16 heavy (non-hydrogen) atoms. The van der Waals surface area contributed by atoms with Gasteiger partial charge in [-0.15, -0.1) is 0 Å². The number of carbonyl (C=O) groups excluding carboxylic acids is 1. The van der Waals surface area contributed by atoms with Crippen LogP contribution in [0.3, 0.4) is 0 Å². The van der Waals surface area contributed by atoms with Gasteiger partial charge in [0.15, 0.2) is 0 Å². The molecule has 0 radical (unpaired) electrons. The van der Waals surface area contributed by atoms with Gasteiger partial charge in [0.05, 0.1) is 0 Å². The largest absolute Gasteiger partial charge is 0.300 e. The maximum absolute atomic E-state index is 13.9. The highest BCUT2D eigenvalue weighted by Gasteiger charge is 2.14. The Morgan fingerprint density at radius 1 is 1.19 bits per heavy atom. The van der Waals surface area contributed by atoms with E-state index in [1.54, 1.807) is 6.07 Å². The van der Waals surface area contributed by atoms with Crippen LogP contribution in [0.15, 0.2) is 42.5 Å². The summed E-state index contributed by atoms with van der Waals surface area (Å²) in [5.74, 6) is -0.125. The van der Waals surface area contributed by atoms with Gasteiger partial charge >= 0.3 is 0 Å². The van der Waals surface area contributed by atoms with Crippen LogP contribution >= 0.6 is 0 Å². The number of hydrogen-bond donors (Lipinski definition) is 0. The zero-order valence-electron chi connectivity index (χ0n) is 9.11. The Morgan fingerprint density at radius 3 is 2.62 bits per heavy atom. The van der Waals surface area contributed by atoms with Crippen LogP contribution in [0.2, 0.25) is 0 Å². The normalized spacial score (nSPS) is 12.6. The highest BCUT2D eigenvalue weighted by atomic mass is 19.1. The van der Waals surface area contributed by atoms with E-state index in [1.165, 1.54) is 6.92 Å². The number of ketones is 1. The van der Waals surface area contributed by atoms with Crippen LogP contribution in [0.25, 0.3) is 10.8 Å². The first-order valence-corrected chi connectivity index (χ1v) is 5.29. The number of rotatable bonds is 3. The fraction of sp³-hybridized carbons (Fsp3) is 0.214. The average molecular weight is 216 g/mol. The lowest BCUT2D eigenvalue weighted by atomic mass is 9.99. The van der Waals surface area contributed by atoms with Crippen molar-refractivity contribution in [1.82, 2.24) is 0 Å². The highest BCUT2D eigenvalue weighted by Crippen LogP contribution is 2.28. The molecule has 0 amide bonds. The lowest BCUT2D eigenvalue weighted by molar-refractivity contribution is -0.118. The minimum atomic E-state index is -1.21. The average Bonchev–Trinajstić information content (AvgIpc) is 2.27. The molecule has 2 heteroatoms. The zero-order chi connectivity index (χ0) is 11.5. The van der Waals surface area contributed by atoms with Crippen molar-refractivity contribution in [1.29, 1.82) is 0 Å². The van der Waals surface area contributed by atoms with E-state index in [1.807, 2.05) is 36.4 Å². The second-order valence-electron chi connectivity index (χ2n) is 3.94. The van der Waals surface area contributed by atoms with Crippen molar-refractivity contribution < 1.29 is 9.18 Å². The van der Waals surface area contributed by atoms with Crippen LogP contribution in [0.1, 0.15) is 25.1 Å². The van der Waals surface area contributed by atoms with Crippen LogP contribution in [-0.4, -0.2) is 5.78 Å². The Kier molecular flexibility index (Phi) is 3.00. The summed E-state index contributed by atoms with van der Waals surface area (Å²) in [6, 6.07) is 13.1. The first-order chi connectivity index (χ1) is 7.68.